The Kier molecular flexibility index (Phi) is 4.12. The number of benzene rings is 2. The van der Waals surface area contributed by atoms with Crippen molar-refractivity contribution in [3.63, 3.8) is 0 Å². The molecule has 1 heterocycles. The normalized spacial score (nSPS) is 18.2. The second-order valence-corrected chi connectivity index (χ2v) is 6.28. The average Bonchev–Trinajstić information content (AvgIpc) is 2.82. The lowest BCUT2D eigenvalue weighted by atomic mass is 9.98. The molecular formula is C17H16Cl2O2. The fourth-order valence-electron chi connectivity index (χ4n) is 2.66. The van der Waals surface area contributed by atoms with Crippen LogP contribution in [0.5, 0.6) is 5.75 Å². The van der Waals surface area contributed by atoms with E-state index in [-0.39, 0.29) is 6.10 Å². The van der Waals surface area contributed by atoms with Crippen LogP contribution in [0.25, 0.3) is 0 Å². The zero-order chi connectivity index (χ0) is 15.0. The van der Waals surface area contributed by atoms with Crippen LogP contribution in [0.3, 0.4) is 0 Å². The Balaban J connectivity index is 1.78. The molecule has 110 valence electrons. The van der Waals surface area contributed by atoms with Gasteiger partial charge in [0.05, 0.1) is 16.1 Å². The van der Waals surface area contributed by atoms with Gasteiger partial charge in [-0.25, -0.2) is 0 Å². The van der Waals surface area contributed by atoms with Crippen molar-refractivity contribution in [2.75, 3.05) is 0 Å². The smallest absolute Gasteiger partial charge is 0.123 e. The van der Waals surface area contributed by atoms with Crippen LogP contribution in [0, 0.1) is 0 Å². The highest BCUT2D eigenvalue weighted by Gasteiger charge is 2.20. The Morgan fingerprint density at radius 3 is 2.76 bits per heavy atom. The first-order chi connectivity index (χ1) is 10.0. The van der Waals surface area contributed by atoms with E-state index in [1.165, 1.54) is 0 Å². The summed E-state index contributed by atoms with van der Waals surface area (Å²) in [6.45, 7) is 2.05. The molecule has 2 aromatic carbocycles. The molecule has 0 aliphatic carbocycles. The molecule has 1 aliphatic rings. The molecule has 3 rings (SSSR count). The molecule has 0 fully saturated rings. The number of aliphatic hydroxyl groups excluding tert-OH is 1. The van der Waals surface area contributed by atoms with E-state index in [1.54, 1.807) is 12.1 Å². The van der Waals surface area contributed by atoms with Crippen molar-refractivity contribution < 1.29 is 9.84 Å². The third kappa shape index (κ3) is 3.18. The van der Waals surface area contributed by atoms with Crippen LogP contribution in [0.1, 0.15) is 29.7 Å². The Labute approximate surface area is 134 Å². The zero-order valence-corrected chi connectivity index (χ0v) is 13.2. The van der Waals surface area contributed by atoms with Crippen LogP contribution in [-0.4, -0.2) is 11.2 Å². The predicted molar refractivity (Wildman–Crippen MR) is 85.4 cm³/mol. The molecule has 0 radical (unpaired) electrons. The van der Waals surface area contributed by atoms with Gasteiger partial charge in [0, 0.05) is 12.8 Å². The van der Waals surface area contributed by atoms with Crippen LogP contribution >= 0.6 is 23.2 Å². The summed E-state index contributed by atoms with van der Waals surface area (Å²) < 4.78 is 5.67. The maximum atomic E-state index is 10.4. The Bertz CT molecular complexity index is 670. The summed E-state index contributed by atoms with van der Waals surface area (Å²) >= 11 is 11.9. The van der Waals surface area contributed by atoms with Crippen molar-refractivity contribution in [1.29, 1.82) is 0 Å². The molecule has 2 atom stereocenters. The van der Waals surface area contributed by atoms with E-state index in [9.17, 15) is 5.11 Å². The van der Waals surface area contributed by atoms with Gasteiger partial charge >= 0.3 is 0 Å². The summed E-state index contributed by atoms with van der Waals surface area (Å²) in [6.07, 6.45) is 1.04. The van der Waals surface area contributed by atoms with E-state index in [0.717, 1.165) is 28.9 Å². The monoisotopic (exact) mass is 322 g/mol. The number of fused-ring (bicyclic) bond motifs is 1. The minimum absolute atomic E-state index is 0.211. The molecule has 1 aliphatic heterocycles. The van der Waals surface area contributed by atoms with Crippen LogP contribution < -0.4 is 4.74 Å². The first-order valence-electron chi connectivity index (χ1n) is 6.94. The Morgan fingerprint density at radius 2 is 2.00 bits per heavy atom. The molecule has 0 amide bonds. The van der Waals surface area contributed by atoms with E-state index in [2.05, 4.69) is 0 Å². The second kappa shape index (κ2) is 5.88. The molecule has 0 saturated heterocycles. The Hall–Kier alpha value is -1.22. The highest BCUT2D eigenvalue weighted by atomic mass is 35.5. The fraction of sp³-hybridized carbons (Fsp3) is 0.294. The number of hydrogen-bond acceptors (Lipinski definition) is 2. The van der Waals surface area contributed by atoms with Crippen molar-refractivity contribution in [2.24, 2.45) is 0 Å². The minimum Gasteiger partial charge on any atom is -0.490 e. The molecule has 0 saturated carbocycles. The summed E-state index contributed by atoms with van der Waals surface area (Å²) in [7, 11) is 0. The molecule has 0 bridgehead atoms. The van der Waals surface area contributed by atoms with Gasteiger partial charge in [-0.05, 0) is 47.9 Å². The fourth-order valence-corrected chi connectivity index (χ4v) is 2.98. The second-order valence-electron chi connectivity index (χ2n) is 5.47. The largest absolute Gasteiger partial charge is 0.490 e. The average molecular weight is 323 g/mol. The predicted octanol–water partition coefficient (Wildman–Crippen LogP) is 4.59. The lowest BCUT2D eigenvalue weighted by Crippen LogP contribution is -2.05. The molecule has 0 spiro atoms. The van der Waals surface area contributed by atoms with Gasteiger partial charge in [0.1, 0.15) is 11.9 Å². The summed E-state index contributed by atoms with van der Waals surface area (Å²) in [5.41, 5.74) is 3.02. The van der Waals surface area contributed by atoms with Gasteiger partial charge in [0.15, 0.2) is 0 Å². The van der Waals surface area contributed by atoms with Crippen LogP contribution in [0.4, 0.5) is 0 Å². The Morgan fingerprint density at radius 1 is 1.19 bits per heavy atom. The van der Waals surface area contributed by atoms with Crippen molar-refractivity contribution in [3.05, 3.63) is 63.1 Å². The maximum absolute atomic E-state index is 10.4. The lowest BCUT2D eigenvalue weighted by molar-refractivity contribution is 0.178. The summed E-state index contributed by atoms with van der Waals surface area (Å²) in [6, 6.07) is 11.3. The van der Waals surface area contributed by atoms with E-state index in [1.807, 2.05) is 31.2 Å². The number of rotatable bonds is 3. The number of halogens is 2. The van der Waals surface area contributed by atoms with Crippen LogP contribution in [0.2, 0.25) is 10.0 Å². The maximum Gasteiger partial charge on any atom is 0.123 e. The zero-order valence-electron chi connectivity index (χ0n) is 11.6. The van der Waals surface area contributed by atoms with E-state index in [0.29, 0.717) is 16.5 Å². The molecule has 2 nitrogen and oxygen atoms in total. The van der Waals surface area contributed by atoms with Gasteiger partial charge in [-0.3, -0.25) is 0 Å². The highest BCUT2D eigenvalue weighted by molar-refractivity contribution is 6.42. The molecule has 2 aromatic rings. The summed E-state index contributed by atoms with van der Waals surface area (Å²) in [5.74, 6) is 0.924. The van der Waals surface area contributed by atoms with Gasteiger partial charge < -0.3 is 9.84 Å². The van der Waals surface area contributed by atoms with Crippen molar-refractivity contribution in [1.82, 2.24) is 0 Å². The first kappa shape index (κ1) is 14.7. The number of hydrogen-bond donors (Lipinski definition) is 1. The van der Waals surface area contributed by atoms with Crippen LogP contribution in [0.15, 0.2) is 36.4 Å². The van der Waals surface area contributed by atoms with E-state index in [4.69, 9.17) is 27.9 Å². The topological polar surface area (TPSA) is 29.5 Å². The van der Waals surface area contributed by atoms with Crippen LogP contribution in [-0.2, 0) is 12.8 Å². The standard InChI is InChI=1S/C17H16Cl2O2/c1-10-6-13-9-12(3-5-17(13)21-10)16(20)8-11-2-4-14(18)15(19)7-11/h2-5,7,9-10,16,20H,6,8H2,1H3. The van der Waals surface area contributed by atoms with Gasteiger partial charge in [0.2, 0.25) is 0 Å². The molecule has 21 heavy (non-hydrogen) atoms. The third-order valence-corrected chi connectivity index (χ3v) is 4.46. The summed E-state index contributed by atoms with van der Waals surface area (Å²) in [5, 5.41) is 11.5. The highest BCUT2D eigenvalue weighted by Crippen LogP contribution is 2.32. The first-order valence-corrected chi connectivity index (χ1v) is 7.70. The molecule has 1 N–H and O–H groups in total. The molecular weight excluding hydrogens is 307 g/mol. The van der Waals surface area contributed by atoms with E-state index < -0.39 is 6.10 Å². The third-order valence-electron chi connectivity index (χ3n) is 3.72. The van der Waals surface area contributed by atoms with Crippen molar-refractivity contribution in [3.8, 4) is 5.75 Å². The lowest BCUT2D eigenvalue weighted by Gasteiger charge is -2.13. The SMILES string of the molecule is CC1Cc2cc(C(O)Cc3ccc(Cl)c(Cl)c3)ccc2O1. The molecule has 2 unspecified atom stereocenters. The quantitative estimate of drug-likeness (QED) is 0.895. The summed E-state index contributed by atoms with van der Waals surface area (Å²) in [4.78, 5) is 0. The molecule has 4 heteroatoms. The van der Waals surface area contributed by atoms with Gasteiger partial charge in [-0.15, -0.1) is 0 Å². The minimum atomic E-state index is -0.566. The van der Waals surface area contributed by atoms with Crippen molar-refractivity contribution in [2.45, 2.75) is 32.0 Å². The van der Waals surface area contributed by atoms with Gasteiger partial charge in [-0.1, -0.05) is 35.3 Å². The van der Waals surface area contributed by atoms with Crippen molar-refractivity contribution >= 4 is 23.2 Å². The van der Waals surface area contributed by atoms with Gasteiger partial charge in [-0.2, -0.15) is 0 Å². The number of aliphatic hydroxyl groups is 1. The van der Waals surface area contributed by atoms with E-state index >= 15 is 0 Å². The number of ether oxygens (including phenoxy) is 1. The van der Waals surface area contributed by atoms with Gasteiger partial charge in [0.25, 0.3) is 0 Å². The molecule has 0 aromatic heterocycles.